The molecule has 1 aliphatic heterocycles. The summed E-state index contributed by atoms with van der Waals surface area (Å²) in [4.78, 5) is 26.9. The first kappa shape index (κ1) is 19.1. The zero-order chi connectivity index (χ0) is 20.4. The maximum absolute atomic E-state index is 13.7. The minimum absolute atomic E-state index is 0.0442. The number of nitrogens with zero attached hydrogens (tertiary/aromatic N) is 3. The number of rotatable bonds is 5. The molecule has 148 valence electrons. The van der Waals surface area contributed by atoms with Crippen molar-refractivity contribution in [2.24, 2.45) is 0 Å². The summed E-state index contributed by atoms with van der Waals surface area (Å²) >= 11 is 6.02. The Kier molecular flexibility index (Phi) is 5.31. The van der Waals surface area contributed by atoms with E-state index in [0.29, 0.717) is 35.9 Å². The summed E-state index contributed by atoms with van der Waals surface area (Å²) in [7, 11) is 0. The van der Waals surface area contributed by atoms with Crippen LogP contribution in [0.3, 0.4) is 0 Å². The van der Waals surface area contributed by atoms with Gasteiger partial charge in [0.2, 0.25) is 0 Å². The number of nitrogens with one attached hydrogen (secondary N) is 1. The zero-order valence-electron chi connectivity index (χ0n) is 15.4. The average Bonchev–Trinajstić information content (AvgIpc) is 3.15. The second-order valence-corrected chi connectivity index (χ2v) is 7.21. The van der Waals surface area contributed by atoms with Crippen molar-refractivity contribution in [2.45, 2.75) is 19.6 Å². The standard InChI is InChI=1S/C21H18ClFN4O2/c22-16-6-3-4-14(10-16)13-26-8-9-27-19(21(26)29)11-18(25-27)20(28)24-12-15-5-1-2-7-17(15)23/h1-7,10-11H,8-9,12-13H2,(H,24,28). The van der Waals surface area contributed by atoms with E-state index in [2.05, 4.69) is 10.4 Å². The summed E-state index contributed by atoms with van der Waals surface area (Å²) in [5, 5.41) is 7.49. The Bertz CT molecular complexity index is 1080. The van der Waals surface area contributed by atoms with Crippen LogP contribution in [0.1, 0.15) is 32.1 Å². The van der Waals surface area contributed by atoms with Gasteiger partial charge >= 0.3 is 0 Å². The molecule has 0 atom stereocenters. The first-order chi connectivity index (χ1) is 14.0. The SMILES string of the molecule is O=C(NCc1ccccc1F)c1cc2n(n1)CCN(Cc1cccc(Cl)c1)C2=O. The first-order valence-electron chi connectivity index (χ1n) is 9.14. The van der Waals surface area contributed by atoms with Gasteiger partial charge in [0.25, 0.3) is 11.8 Å². The number of halogens is 2. The molecule has 8 heteroatoms. The lowest BCUT2D eigenvalue weighted by atomic mass is 10.2. The highest BCUT2D eigenvalue weighted by Crippen LogP contribution is 2.18. The molecule has 2 aromatic carbocycles. The summed E-state index contributed by atoms with van der Waals surface area (Å²) in [6.45, 7) is 1.44. The molecule has 1 aromatic heterocycles. The van der Waals surface area contributed by atoms with E-state index < -0.39 is 5.91 Å². The van der Waals surface area contributed by atoms with Gasteiger partial charge < -0.3 is 10.2 Å². The van der Waals surface area contributed by atoms with E-state index in [9.17, 15) is 14.0 Å². The van der Waals surface area contributed by atoms with Crippen molar-refractivity contribution in [1.82, 2.24) is 20.0 Å². The van der Waals surface area contributed by atoms with Crippen LogP contribution in [0, 0.1) is 5.82 Å². The molecule has 0 saturated heterocycles. The molecule has 1 N–H and O–H groups in total. The Morgan fingerprint density at radius 2 is 1.97 bits per heavy atom. The predicted molar refractivity (Wildman–Crippen MR) is 106 cm³/mol. The topological polar surface area (TPSA) is 67.2 Å². The molecule has 0 aliphatic carbocycles. The fourth-order valence-electron chi connectivity index (χ4n) is 3.26. The van der Waals surface area contributed by atoms with Crippen molar-refractivity contribution in [3.63, 3.8) is 0 Å². The smallest absolute Gasteiger partial charge is 0.272 e. The highest BCUT2D eigenvalue weighted by Gasteiger charge is 2.28. The minimum atomic E-state index is -0.454. The Hall–Kier alpha value is -3.19. The number of amides is 2. The second-order valence-electron chi connectivity index (χ2n) is 6.77. The van der Waals surface area contributed by atoms with Crippen LogP contribution in [0.5, 0.6) is 0 Å². The van der Waals surface area contributed by atoms with Gasteiger partial charge in [0.05, 0.1) is 6.54 Å². The van der Waals surface area contributed by atoms with Gasteiger partial charge in [-0.3, -0.25) is 14.3 Å². The Morgan fingerprint density at radius 1 is 1.14 bits per heavy atom. The highest BCUT2D eigenvalue weighted by atomic mass is 35.5. The fraction of sp³-hybridized carbons (Fsp3) is 0.190. The molecule has 0 bridgehead atoms. The van der Waals surface area contributed by atoms with Crippen molar-refractivity contribution in [1.29, 1.82) is 0 Å². The van der Waals surface area contributed by atoms with Crippen LogP contribution >= 0.6 is 11.6 Å². The number of fused-ring (bicyclic) bond motifs is 1. The lowest BCUT2D eigenvalue weighted by molar-refractivity contribution is 0.0683. The Labute approximate surface area is 171 Å². The van der Waals surface area contributed by atoms with Gasteiger partial charge in [-0.25, -0.2) is 4.39 Å². The van der Waals surface area contributed by atoms with E-state index >= 15 is 0 Å². The van der Waals surface area contributed by atoms with Gasteiger partial charge in [-0.2, -0.15) is 5.10 Å². The molecule has 2 amide bonds. The highest BCUT2D eigenvalue weighted by molar-refractivity contribution is 6.30. The summed E-state index contributed by atoms with van der Waals surface area (Å²) in [6, 6.07) is 15.1. The van der Waals surface area contributed by atoms with Crippen molar-refractivity contribution in [3.8, 4) is 0 Å². The van der Waals surface area contributed by atoms with Crippen molar-refractivity contribution in [3.05, 3.63) is 88.0 Å². The molecule has 0 spiro atoms. The van der Waals surface area contributed by atoms with E-state index in [-0.39, 0.29) is 24.0 Å². The van der Waals surface area contributed by atoms with E-state index in [4.69, 9.17) is 11.6 Å². The van der Waals surface area contributed by atoms with Gasteiger partial charge in [-0.15, -0.1) is 0 Å². The maximum Gasteiger partial charge on any atom is 0.272 e. The summed E-state index contributed by atoms with van der Waals surface area (Å²) in [6.07, 6.45) is 0. The fourth-order valence-corrected chi connectivity index (χ4v) is 3.48. The molecule has 1 aliphatic rings. The molecule has 29 heavy (non-hydrogen) atoms. The zero-order valence-corrected chi connectivity index (χ0v) is 16.2. The number of carbonyl (C=O) groups is 2. The number of aromatic nitrogens is 2. The third-order valence-corrected chi connectivity index (χ3v) is 5.00. The van der Waals surface area contributed by atoms with Gasteiger partial charge in [-0.05, 0) is 23.8 Å². The summed E-state index contributed by atoms with van der Waals surface area (Å²) < 4.78 is 15.2. The molecule has 0 fully saturated rings. The van der Waals surface area contributed by atoms with E-state index in [1.54, 1.807) is 29.2 Å². The van der Waals surface area contributed by atoms with Gasteiger partial charge in [0.15, 0.2) is 5.69 Å². The number of hydrogen-bond donors (Lipinski definition) is 1. The average molecular weight is 413 g/mol. The van der Waals surface area contributed by atoms with Crippen LogP contribution < -0.4 is 5.32 Å². The molecule has 6 nitrogen and oxygen atoms in total. The van der Waals surface area contributed by atoms with Crippen LogP contribution in [-0.2, 0) is 19.6 Å². The van der Waals surface area contributed by atoms with E-state index in [1.807, 2.05) is 18.2 Å². The Morgan fingerprint density at radius 3 is 2.76 bits per heavy atom. The molecule has 2 heterocycles. The van der Waals surface area contributed by atoms with Gasteiger partial charge in [0, 0.05) is 36.3 Å². The molecule has 0 saturated carbocycles. The molecule has 0 radical (unpaired) electrons. The van der Waals surface area contributed by atoms with Crippen LogP contribution in [0.2, 0.25) is 5.02 Å². The third-order valence-electron chi connectivity index (χ3n) is 4.76. The lowest BCUT2D eigenvalue weighted by Crippen LogP contribution is -2.39. The Balaban J connectivity index is 1.45. The maximum atomic E-state index is 13.7. The number of hydrogen-bond acceptors (Lipinski definition) is 3. The lowest BCUT2D eigenvalue weighted by Gasteiger charge is -2.27. The molecular formula is C21H18ClFN4O2. The number of carbonyl (C=O) groups excluding carboxylic acids is 2. The minimum Gasteiger partial charge on any atom is -0.346 e. The molecular weight excluding hydrogens is 395 g/mol. The second kappa shape index (κ2) is 8.05. The van der Waals surface area contributed by atoms with Gasteiger partial charge in [-0.1, -0.05) is 41.9 Å². The van der Waals surface area contributed by atoms with E-state index in [0.717, 1.165) is 5.56 Å². The normalized spacial score (nSPS) is 13.3. The number of benzene rings is 2. The first-order valence-corrected chi connectivity index (χ1v) is 9.52. The van der Waals surface area contributed by atoms with Crippen LogP contribution in [0.15, 0.2) is 54.6 Å². The van der Waals surface area contributed by atoms with Crippen LogP contribution in [0.25, 0.3) is 0 Å². The van der Waals surface area contributed by atoms with Crippen molar-refractivity contribution < 1.29 is 14.0 Å². The molecule has 0 unspecified atom stereocenters. The monoisotopic (exact) mass is 412 g/mol. The predicted octanol–water partition coefficient (Wildman–Crippen LogP) is 3.26. The quantitative estimate of drug-likeness (QED) is 0.699. The van der Waals surface area contributed by atoms with Crippen molar-refractivity contribution in [2.75, 3.05) is 6.54 Å². The molecule has 3 aromatic rings. The summed E-state index contributed by atoms with van der Waals surface area (Å²) in [5.41, 5.74) is 1.80. The van der Waals surface area contributed by atoms with Crippen molar-refractivity contribution >= 4 is 23.4 Å². The van der Waals surface area contributed by atoms with Crippen LogP contribution in [-0.4, -0.2) is 33.0 Å². The third kappa shape index (κ3) is 4.14. The van der Waals surface area contributed by atoms with Gasteiger partial charge in [0.1, 0.15) is 11.5 Å². The summed E-state index contributed by atoms with van der Waals surface area (Å²) in [5.74, 6) is -1.04. The van der Waals surface area contributed by atoms with Crippen LogP contribution in [0.4, 0.5) is 4.39 Å². The largest absolute Gasteiger partial charge is 0.346 e. The van der Waals surface area contributed by atoms with E-state index in [1.165, 1.54) is 16.8 Å². The molecule has 4 rings (SSSR count).